The van der Waals surface area contributed by atoms with E-state index in [1.807, 2.05) is 47.8 Å². The summed E-state index contributed by atoms with van der Waals surface area (Å²) in [6.07, 6.45) is 1.35. The molecule has 0 aromatic heterocycles. The third-order valence-corrected chi connectivity index (χ3v) is 24.3. The van der Waals surface area contributed by atoms with Crippen molar-refractivity contribution in [1.29, 1.82) is 0 Å². The van der Waals surface area contributed by atoms with Gasteiger partial charge in [-0.05, 0) is 258 Å². The number of benzene rings is 4. The monoisotopic (exact) mass is 1800 g/mol. The van der Waals surface area contributed by atoms with Gasteiger partial charge in [-0.3, -0.25) is 106 Å². The van der Waals surface area contributed by atoms with Crippen molar-refractivity contribution < 1.29 is 96.2 Å². The summed E-state index contributed by atoms with van der Waals surface area (Å²) in [5, 5.41) is 38.3. The molecule has 12 aliphatic rings. The molecule has 4 aromatic rings. The molecular weight excluding hydrogens is 1680 g/mol. The number of nitrogens with two attached hydrogens (primary N) is 2. The maximum Gasteiger partial charge on any atom is 0.326 e. The molecule has 0 saturated heterocycles. The fourth-order valence-electron chi connectivity index (χ4n) is 17.2. The van der Waals surface area contributed by atoms with Gasteiger partial charge in [-0.25, -0.2) is 4.79 Å². The summed E-state index contributed by atoms with van der Waals surface area (Å²) >= 11 is 0. The van der Waals surface area contributed by atoms with Crippen LogP contribution < -0.4 is 64.6 Å². The summed E-state index contributed by atoms with van der Waals surface area (Å²) < 4.78 is 0. The van der Waals surface area contributed by atoms with Gasteiger partial charge in [0.05, 0.1) is 0 Å². The molecule has 704 valence electrons. The minimum absolute atomic E-state index is 0.0411. The first-order chi connectivity index (χ1) is 62.3. The molecule has 0 saturated carbocycles. The third kappa shape index (κ3) is 26.1. The normalized spacial score (nSPS) is 20.1. The Hall–Kier alpha value is -12.1. The smallest absolute Gasteiger partial charge is 0.326 e. The minimum Gasteiger partial charge on any atom is -0.480 e. The Morgan fingerprint density at radius 2 is 0.608 bits per heavy atom. The Kier molecular flexibility index (Phi) is 36.9. The zero-order chi connectivity index (χ0) is 94.0. The second-order valence-electron chi connectivity index (χ2n) is 34.3. The SMILES string of the molecule is CC(=O)NC(CCC(=O)N[C@@H]1CCC(=O)NCCCN(C)CCCN2C(=O)c3ccc4c5c(ccc(c35)C2=O)C(=O)N(CCCN(C)CCCNC1=O)C4=O)C(=O)NC(CCCCN)C(=O)NC(CCC(=O)N[C@@H]1CCC(=O)NCCCN(C)CCCN2C(=O)c3ccc4c5c(ccc(c35)C2=O)C(=O)N(CCCN(C)CCCNC1=O)C4=O)C(=O)NC(CCCCN)C(=O)O. The van der Waals surface area contributed by atoms with Crippen LogP contribution in [0.3, 0.4) is 0 Å². The van der Waals surface area contributed by atoms with E-state index in [2.05, 4.69) is 53.2 Å². The lowest BCUT2D eigenvalue weighted by Crippen LogP contribution is -2.58. The molecule has 16 rings (SSSR count). The lowest BCUT2D eigenvalue weighted by atomic mass is 9.86. The highest BCUT2D eigenvalue weighted by Crippen LogP contribution is 2.40. The first-order valence-electron chi connectivity index (χ1n) is 45.2. The fourth-order valence-corrected chi connectivity index (χ4v) is 17.2. The van der Waals surface area contributed by atoms with Gasteiger partial charge in [0.15, 0.2) is 0 Å². The molecule has 4 unspecified atom stereocenters. The number of rotatable bonds is 24. The van der Waals surface area contributed by atoms with Crippen molar-refractivity contribution in [3.8, 4) is 0 Å². The van der Waals surface area contributed by atoms with Crippen molar-refractivity contribution in [2.45, 2.75) is 184 Å². The number of imide groups is 4. The Bertz CT molecular complexity index is 4820. The zero-order valence-corrected chi connectivity index (χ0v) is 74.8. The summed E-state index contributed by atoms with van der Waals surface area (Å²) in [5.41, 5.74) is 13.3. The largest absolute Gasteiger partial charge is 0.480 e. The lowest BCUT2D eigenvalue weighted by Gasteiger charge is -2.32. The molecule has 0 aliphatic carbocycles. The van der Waals surface area contributed by atoms with Crippen LogP contribution in [0.25, 0.3) is 21.5 Å². The molecule has 0 spiro atoms. The van der Waals surface area contributed by atoms with Crippen molar-refractivity contribution in [3.63, 3.8) is 0 Å². The molecule has 15 N–H and O–H groups in total. The van der Waals surface area contributed by atoms with Crippen LogP contribution in [0.5, 0.6) is 0 Å². The Labute approximate surface area is 753 Å². The summed E-state index contributed by atoms with van der Waals surface area (Å²) in [6, 6.07) is 3.35. The molecule has 18 amide bonds. The van der Waals surface area contributed by atoms with Crippen molar-refractivity contribution in [2.75, 3.05) is 146 Å². The number of carbonyl (C=O) groups is 19. The highest BCUT2D eigenvalue weighted by Gasteiger charge is 2.43. The van der Waals surface area contributed by atoms with E-state index in [1.54, 1.807) is 0 Å². The number of carboxylic acids is 1. The lowest BCUT2D eigenvalue weighted by molar-refractivity contribution is -0.142. The van der Waals surface area contributed by atoms with Crippen LogP contribution in [0.4, 0.5) is 0 Å². The summed E-state index contributed by atoms with van der Waals surface area (Å²) in [5.74, 6) is -13.3. The van der Waals surface area contributed by atoms with Crippen LogP contribution in [0.2, 0.25) is 0 Å². The van der Waals surface area contributed by atoms with Crippen LogP contribution in [0.1, 0.15) is 231 Å². The van der Waals surface area contributed by atoms with Crippen LogP contribution in [-0.4, -0.2) is 339 Å². The first-order valence-corrected chi connectivity index (χ1v) is 45.2. The van der Waals surface area contributed by atoms with Crippen molar-refractivity contribution in [3.05, 3.63) is 93.0 Å². The predicted molar refractivity (Wildman–Crippen MR) is 476 cm³/mol. The fraction of sp³-hybridized carbons (Fsp3) is 0.567. The number of aliphatic carboxylic acids is 1. The van der Waals surface area contributed by atoms with E-state index in [4.69, 9.17) is 11.5 Å². The molecule has 12 heterocycles. The van der Waals surface area contributed by atoms with E-state index in [-0.39, 0.29) is 183 Å². The number of amides is 18. The molecule has 0 radical (unpaired) electrons. The van der Waals surface area contributed by atoms with E-state index in [1.165, 1.54) is 58.3 Å². The highest BCUT2D eigenvalue weighted by atomic mass is 16.4. The molecule has 40 nitrogen and oxygen atoms in total. The quantitative estimate of drug-likeness (QED) is 0.0319. The number of hydrogen-bond donors (Lipinski definition) is 13. The Morgan fingerprint density at radius 3 is 0.885 bits per heavy atom. The molecule has 6 atom stereocenters. The average molecular weight is 1810 g/mol. The van der Waals surface area contributed by atoms with E-state index >= 15 is 0 Å². The van der Waals surface area contributed by atoms with Gasteiger partial charge < -0.3 is 89.3 Å². The summed E-state index contributed by atoms with van der Waals surface area (Å²) in [4.78, 5) is 277. The van der Waals surface area contributed by atoms with Crippen LogP contribution in [0, 0.1) is 0 Å². The second-order valence-corrected chi connectivity index (χ2v) is 34.3. The van der Waals surface area contributed by atoms with Gasteiger partial charge in [0.2, 0.25) is 59.1 Å². The molecular formula is C90H124N20O20. The highest BCUT2D eigenvalue weighted by molar-refractivity contribution is 6.35. The van der Waals surface area contributed by atoms with Gasteiger partial charge in [0.1, 0.15) is 36.3 Å². The number of nitrogens with one attached hydrogen (secondary N) is 10. The number of carbonyl (C=O) groups excluding carboxylic acids is 18. The minimum atomic E-state index is -1.70. The van der Waals surface area contributed by atoms with E-state index in [0.717, 1.165) is 16.7 Å². The van der Waals surface area contributed by atoms with Crippen molar-refractivity contribution in [2.24, 2.45) is 11.5 Å². The number of unbranched alkanes of at least 4 members (excludes halogenated alkanes) is 2. The number of nitrogens with zero attached hydrogens (tertiary/aromatic N) is 8. The number of carboxylic acid groups (broad SMARTS) is 1. The van der Waals surface area contributed by atoms with E-state index in [0.29, 0.717) is 117 Å². The van der Waals surface area contributed by atoms with Crippen LogP contribution >= 0.6 is 0 Å². The predicted octanol–water partition coefficient (Wildman–Crippen LogP) is -0.191. The van der Waals surface area contributed by atoms with Gasteiger partial charge in [0.25, 0.3) is 47.3 Å². The van der Waals surface area contributed by atoms with E-state index in [9.17, 15) is 96.2 Å². The Balaban J connectivity index is 0.769. The molecule has 12 aliphatic heterocycles. The van der Waals surface area contributed by atoms with Crippen molar-refractivity contribution >= 4 is 134 Å². The van der Waals surface area contributed by atoms with Gasteiger partial charge in [-0.2, -0.15) is 0 Å². The van der Waals surface area contributed by atoms with Gasteiger partial charge in [0, 0.05) is 151 Å². The Morgan fingerprint density at radius 1 is 0.354 bits per heavy atom. The maximum absolute atomic E-state index is 14.8. The van der Waals surface area contributed by atoms with Crippen LogP contribution in [-0.2, 0) is 52.7 Å². The molecule has 16 bridgehead atoms. The first kappa shape index (κ1) is 100. The van der Waals surface area contributed by atoms with Gasteiger partial charge >= 0.3 is 5.97 Å². The number of hydrogen-bond acceptors (Lipinski definition) is 25. The van der Waals surface area contributed by atoms with Gasteiger partial charge in [-0.15, -0.1) is 0 Å². The zero-order valence-electron chi connectivity index (χ0n) is 74.8. The second kappa shape index (κ2) is 48.0. The topological polar surface area (TPSA) is 543 Å². The van der Waals surface area contributed by atoms with Crippen LogP contribution in [0.15, 0.2) is 48.5 Å². The molecule has 0 fully saturated rings. The van der Waals surface area contributed by atoms with Crippen molar-refractivity contribution in [1.82, 2.24) is 92.4 Å². The average Bonchev–Trinajstić information content (AvgIpc) is 0.717. The summed E-state index contributed by atoms with van der Waals surface area (Å²) in [7, 11) is 7.32. The van der Waals surface area contributed by atoms with E-state index < -0.39 is 174 Å². The molecule has 4 aromatic carbocycles. The maximum atomic E-state index is 14.8. The summed E-state index contributed by atoms with van der Waals surface area (Å²) in [6.45, 7) is 5.94. The molecule has 130 heavy (non-hydrogen) atoms. The standard InChI is InChI=1S/C90H124N20O20/c1-54(111)97-66(30-34-71(114)98-64-28-32-69(112)93-38-10-42-103(2)46-14-50-107-82(121)55-20-24-59-75-60(25-21-56(73(55)75)83(107)122)87(126)109(86(59)125)52-16-48-105(4)44-12-40-95-77(64)116)80(119)100-63(18-6-8-36-91)79(118)101-67(81(120)102-68(90(129)130)19-7-9-37-92)31-35-72(115)99-65-29-33-70(113)94-39-11-43-104(3)47-15-51-108-84(123)57-22-26-61-76-62(27-23-58(74(57)76)85(108)124)89(128)110(88(61)127)53-17-49-106(5)45-13-41-96-78(65)117/h20-27,63-68H,6-19,28-53,91-92H2,1-5H3,(H,93,112)(H,94,113)(H,95,116)(H,96,117)(H,97,111)(H,98,114)(H,99,115)(H,100,119)(H,101,118)(H,102,120)(H,129,130)/t63?,64-,65-,66?,67?,68?/m1/s1. The van der Waals surface area contributed by atoms with Gasteiger partial charge in [-0.1, -0.05) is 0 Å². The number of fused-ring (bicyclic) bond motifs is 4. The molecule has 40 heteroatoms. The third-order valence-electron chi connectivity index (χ3n) is 24.3.